The number of para-hydroxylation sites is 2. The highest BCUT2D eigenvalue weighted by Crippen LogP contribution is 2.39. The van der Waals surface area contributed by atoms with Crippen molar-refractivity contribution in [2.75, 3.05) is 0 Å². The van der Waals surface area contributed by atoms with Crippen LogP contribution >= 0.6 is 11.3 Å². The molecule has 42 heavy (non-hydrogen) atoms. The van der Waals surface area contributed by atoms with Crippen molar-refractivity contribution >= 4 is 64.2 Å². The van der Waals surface area contributed by atoms with Crippen LogP contribution in [0.15, 0.2) is 146 Å². The lowest BCUT2D eigenvalue weighted by Crippen LogP contribution is -1.92. The number of aromatic nitrogens is 2. The molecule has 3 heteroatoms. The Labute approximate surface area is 246 Å². The molecule has 0 fully saturated rings. The molecule has 0 saturated heterocycles. The average Bonchev–Trinajstić information content (AvgIpc) is 3.61. The minimum atomic E-state index is 1.03. The van der Waals surface area contributed by atoms with E-state index in [1.165, 1.54) is 75.3 Å². The van der Waals surface area contributed by atoms with Gasteiger partial charge in [-0.25, -0.2) is 0 Å². The molecule has 9 aromatic rings. The molecule has 0 amide bonds. The first-order valence-electron chi connectivity index (χ1n) is 14.2. The molecular formula is C39H24N2S. The van der Waals surface area contributed by atoms with Crippen LogP contribution in [0.1, 0.15) is 0 Å². The molecule has 0 N–H and O–H groups in total. The molecule has 0 aliphatic rings. The van der Waals surface area contributed by atoms with Crippen molar-refractivity contribution in [2.24, 2.45) is 0 Å². The highest BCUT2D eigenvalue weighted by molar-refractivity contribution is 7.26. The van der Waals surface area contributed by atoms with E-state index in [1.54, 1.807) is 0 Å². The predicted octanol–water partition coefficient (Wildman–Crippen LogP) is 11.0. The molecule has 9 rings (SSSR count). The number of thiophene rings is 1. The van der Waals surface area contributed by atoms with Gasteiger partial charge in [-0.15, -0.1) is 11.3 Å². The van der Waals surface area contributed by atoms with E-state index in [2.05, 4.69) is 144 Å². The highest BCUT2D eigenvalue weighted by atomic mass is 32.1. The molecule has 196 valence electrons. The molecule has 0 aliphatic carbocycles. The number of hydrogen-bond acceptors (Lipinski definition) is 2. The van der Waals surface area contributed by atoms with Crippen LogP contribution in [-0.4, -0.2) is 9.55 Å². The van der Waals surface area contributed by atoms with Crippen LogP contribution in [0.3, 0.4) is 0 Å². The van der Waals surface area contributed by atoms with Gasteiger partial charge in [0.15, 0.2) is 0 Å². The third-order valence-electron chi connectivity index (χ3n) is 8.43. The molecule has 6 aromatic carbocycles. The fourth-order valence-electron chi connectivity index (χ4n) is 6.48. The molecule has 0 unspecified atom stereocenters. The van der Waals surface area contributed by atoms with Gasteiger partial charge in [-0.1, -0.05) is 91.0 Å². The summed E-state index contributed by atoms with van der Waals surface area (Å²) in [6.45, 7) is 0. The zero-order chi connectivity index (χ0) is 27.6. The van der Waals surface area contributed by atoms with Crippen molar-refractivity contribution in [1.82, 2.24) is 9.55 Å². The Balaban J connectivity index is 1.17. The summed E-state index contributed by atoms with van der Waals surface area (Å²) in [6.07, 6.45) is 2.03. The SMILES string of the molecule is c1ccc(-n2c3ccccc3c3cc(-c4cccc(-c5ccc6c(c5)ncc5sc7ccccc7c56)c4)ccc32)cc1. The maximum atomic E-state index is 4.87. The minimum absolute atomic E-state index is 1.03. The molecule has 3 heterocycles. The Morgan fingerprint density at radius 1 is 0.452 bits per heavy atom. The van der Waals surface area contributed by atoms with Crippen molar-refractivity contribution < 1.29 is 0 Å². The van der Waals surface area contributed by atoms with Gasteiger partial charge < -0.3 is 4.57 Å². The fraction of sp³-hybridized carbons (Fsp3) is 0. The smallest absolute Gasteiger partial charge is 0.0715 e. The number of pyridine rings is 1. The second-order valence-corrected chi connectivity index (χ2v) is 11.9. The predicted molar refractivity (Wildman–Crippen MR) is 180 cm³/mol. The van der Waals surface area contributed by atoms with Crippen LogP contribution in [0.2, 0.25) is 0 Å². The lowest BCUT2D eigenvalue weighted by molar-refractivity contribution is 1.18. The van der Waals surface area contributed by atoms with Gasteiger partial charge in [0.05, 0.1) is 21.3 Å². The highest BCUT2D eigenvalue weighted by Gasteiger charge is 2.14. The van der Waals surface area contributed by atoms with E-state index in [0.29, 0.717) is 0 Å². The van der Waals surface area contributed by atoms with Gasteiger partial charge in [0, 0.05) is 43.5 Å². The minimum Gasteiger partial charge on any atom is -0.309 e. The molecule has 0 atom stereocenters. The standard InChI is InChI=1S/C39H24N2S/c1-2-11-29(12-3-1)41-35-15-6-4-13-30(35)33-22-27(18-20-36(33)41)25-9-8-10-26(21-25)28-17-19-31-34(23-28)40-24-38-39(31)32-14-5-7-16-37(32)42-38/h1-24H. The largest absolute Gasteiger partial charge is 0.309 e. The summed E-state index contributed by atoms with van der Waals surface area (Å²) in [5.74, 6) is 0. The number of rotatable bonds is 3. The summed E-state index contributed by atoms with van der Waals surface area (Å²) < 4.78 is 4.91. The number of benzene rings is 6. The Hall–Kier alpha value is -5.25. The van der Waals surface area contributed by atoms with Crippen molar-refractivity contribution in [3.63, 3.8) is 0 Å². The molecule has 0 radical (unpaired) electrons. The number of hydrogen-bond donors (Lipinski definition) is 0. The van der Waals surface area contributed by atoms with Crippen molar-refractivity contribution in [1.29, 1.82) is 0 Å². The number of fused-ring (bicyclic) bond motifs is 8. The summed E-state index contributed by atoms with van der Waals surface area (Å²) in [5, 5.41) is 6.36. The molecule has 2 nitrogen and oxygen atoms in total. The van der Waals surface area contributed by atoms with E-state index in [1.807, 2.05) is 17.5 Å². The van der Waals surface area contributed by atoms with E-state index in [9.17, 15) is 0 Å². The zero-order valence-electron chi connectivity index (χ0n) is 22.7. The van der Waals surface area contributed by atoms with Gasteiger partial charge in [0.1, 0.15) is 0 Å². The second kappa shape index (κ2) is 9.13. The normalized spacial score (nSPS) is 11.8. The van der Waals surface area contributed by atoms with Crippen LogP contribution < -0.4 is 0 Å². The monoisotopic (exact) mass is 552 g/mol. The Morgan fingerprint density at radius 2 is 1.14 bits per heavy atom. The van der Waals surface area contributed by atoms with Crippen LogP contribution in [0.25, 0.3) is 80.8 Å². The van der Waals surface area contributed by atoms with Gasteiger partial charge in [-0.2, -0.15) is 0 Å². The van der Waals surface area contributed by atoms with E-state index < -0.39 is 0 Å². The van der Waals surface area contributed by atoms with Gasteiger partial charge in [-0.3, -0.25) is 4.98 Å². The van der Waals surface area contributed by atoms with Gasteiger partial charge in [-0.05, 0) is 70.8 Å². The van der Waals surface area contributed by atoms with E-state index in [4.69, 9.17) is 4.98 Å². The Morgan fingerprint density at radius 3 is 2.02 bits per heavy atom. The molecular weight excluding hydrogens is 529 g/mol. The molecule has 0 spiro atoms. The summed E-state index contributed by atoms with van der Waals surface area (Å²) in [6, 6.07) is 50.4. The van der Waals surface area contributed by atoms with Crippen LogP contribution in [0, 0.1) is 0 Å². The van der Waals surface area contributed by atoms with Crippen molar-refractivity contribution in [3.8, 4) is 27.9 Å². The van der Waals surface area contributed by atoms with E-state index in [-0.39, 0.29) is 0 Å². The maximum Gasteiger partial charge on any atom is 0.0715 e. The third kappa shape index (κ3) is 3.54. The van der Waals surface area contributed by atoms with Crippen LogP contribution in [-0.2, 0) is 0 Å². The van der Waals surface area contributed by atoms with Crippen molar-refractivity contribution in [3.05, 3.63) is 146 Å². The van der Waals surface area contributed by atoms with Gasteiger partial charge >= 0.3 is 0 Å². The quantitative estimate of drug-likeness (QED) is 0.213. The summed E-state index contributed by atoms with van der Waals surface area (Å²) >= 11 is 1.81. The summed E-state index contributed by atoms with van der Waals surface area (Å²) in [4.78, 5) is 4.87. The van der Waals surface area contributed by atoms with Crippen LogP contribution in [0.5, 0.6) is 0 Å². The first kappa shape index (κ1) is 23.5. The van der Waals surface area contributed by atoms with E-state index in [0.717, 1.165) is 5.52 Å². The number of nitrogens with zero attached hydrogens (tertiary/aromatic N) is 2. The third-order valence-corrected chi connectivity index (χ3v) is 9.53. The topological polar surface area (TPSA) is 17.8 Å². The average molecular weight is 553 g/mol. The van der Waals surface area contributed by atoms with E-state index >= 15 is 0 Å². The molecule has 0 aliphatic heterocycles. The Bertz CT molecular complexity index is 2470. The maximum absolute atomic E-state index is 4.87. The molecule has 0 saturated carbocycles. The molecule has 0 bridgehead atoms. The van der Waals surface area contributed by atoms with Gasteiger partial charge in [0.25, 0.3) is 0 Å². The second-order valence-electron chi connectivity index (χ2n) is 10.8. The Kier molecular flexibility index (Phi) is 5.10. The summed E-state index contributed by atoms with van der Waals surface area (Å²) in [7, 11) is 0. The first-order valence-corrected chi connectivity index (χ1v) is 15.0. The lowest BCUT2D eigenvalue weighted by atomic mass is 9.97. The lowest BCUT2D eigenvalue weighted by Gasteiger charge is -2.09. The zero-order valence-corrected chi connectivity index (χ0v) is 23.5. The summed E-state index contributed by atoms with van der Waals surface area (Å²) in [5.41, 5.74) is 9.44. The van der Waals surface area contributed by atoms with Crippen LogP contribution in [0.4, 0.5) is 0 Å². The van der Waals surface area contributed by atoms with Crippen molar-refractivity contribution in [2.45, 2.75) is 0 Å². The van der Waals surface area contributed by atoms with Gasteiger partial charge in [0.2, 0.25) is 0 Å². The first-order chi connectivity index (χ1) is 20.8. The molecule has 3 aromatic heterocycles. The fourth-order valence-corrected chi connectivity index (χ4v) is 7.57.